The van der Waals surface area contributed by atoms with Crippen LogP contribution in [0.15, 0.2) is 66.7 Å². The second kappa shape index (κ2) is 8.45. The van der Waals surface area contributed by atoms with E-state index >= 15 is 0 Å². The molecule has 5 heteroatoms. The highest BCUT2D eigenvalue weighted by Gasteiger charge is 2.30. The molecular formula is C26H22N2O3. The summed E-state index contributed by atoms with van der Waals surface area (Å²) < 4.78 is 0. The number of benzene rings is 3. The number of carboxylic acids is 1. The number of hydrogen-bond donors (Lipinski definition) is 1. The Morgan fingerprint density at radius 1 is 1.00 bits per heavy atom. The highest BCUT2D eigenvalue weighted by molar-refractivity contribution is 5.96. The number of rotatable bonds is 4. The van der Waals surface area contributed by atoms with Gasteiger partial charge in [-0.2, -0.15) is 5.26 Å². The number of hydrogen-bond acceptors (Lipinski definition) is 3. The molecular weight excluding hydrogens is 388 g/mol. The molecule has 1 aliphatic heterocycles. The Hall–Kier alpha value is -3.91. The van der Waals surface area contributed by atoms with Gasteiger partial charge in [0.25, 0.3) is 5.91 Å². The van der Waals surface area contributed by atoms with Gasteiger partial charge in [-0.15, -0.1) is 0 Å². The predicted octanol–water partition coefficient (Wildman–Crippen LogP) is 4.86. The van der Waals surface area contributed by atoms with Gasteiger partial charge < -0.3 is 10.0 Å². The zero-order chi connectivity index (χ0) is 22.0. The lowest BCUT2D eigenvalue weighted by Gasteiger charge is -2.19. The van der Waals surface area contributed by atoms with E-state index in [1.807, 2.05) is 60.4 Å². The molecule has 0 aromatic heterocycles. The Morgan fingerprint density at radius 3 is 2.52 bits per heavy atom. The molecule has 154 valence electrons. The van der Waals surface area contributed by atoms with Crippen LogP contribution < -0.4 is 0 Å². The Labute approximate surface area is 181 Å². The molecule has 4 rings (SSSR count). The quantitative estimate of drug-likeness (QED) is 0.666. The van der Waals surface area contributed by atoms with Gasteiger partial charge in [0.2, 0.25) is 0 Å². The van der Waals surface area contributed by atoms with E-state index in [1.54, 1.807) is 18.2 Å². The fourth-order valence-corrected chi connectivity index (χ4v) is 4.27. The molecule has 1 aliphatic rings. The monoisotopic (exact) mass is 410 g/mol. The number of aromatic carboxylic acids is 1. The van der Waals surface area contributed by atoms with Crippen molar-refractivity contribution in [3.8, 4) is 17.2 Å². The maximum Gasteiger partial charge on any atom is 0.335 e. The average Bonchev–Trinajstić information content (AvgIpc) is 3.29. The summed E-state index contributed by atoms with van der Waals surface area (Å²) in [5.41, 5.74) is 5.11. The first-order chi connectivity index (χ1) is 15.0. The van der Waals surface area contributed by atoms with Crippen LogP contribution in [-0.2, 0) is 0 Å². The SMILES string of the molecule is Cc1cc(-c2cccc(C#N)c2)ccc1C(=O)N1CCC(c2ccccc2C(=O)O)C1. The molecule has 1 heterocycles. The summed E-state index contributed by atoms with van der Waals surface area (Å²) in [6.07, 6.45) is 0.744. The number of nitrogens with zero attached hydrogens (tertiary/aromatic N) is 2. The topological polar surface area (TPSA) is 81.4 Å². The smallest absolute Gasteiger partial charge is 0.335 e. The normalized spacial score (nSPS) is 15.5. The molecule has 1 amide bonds. The van der Waals surface area contributed by atoms with Crippen molar-refractivity contribution in [2.45, 2.75) is 19.3 Å². The van der Waals surface area contributed by atoms with Crippen LogP contribution in [0.25, 0.3) is 11.1 Å². The molecule has 0 radical (unpaired) electrons. The second-order valence-electron chi connectivity index (χ2n) is 7.85. The minimum Gasteiger partial charge on any atom is -0.478 e. The Balaban J connectivity index is 1.54. The van der Waals surface area contributed by atoms with E-state index in [0.29, 0.717) is 29.8 Å². The van der Waals surface area contributed by atoms with Crippen molar-refractivity contribution in [1.29, 1.82) is 5.26 Å². The van der Waals surface area contributed by atoms with E-state index < -0.39 is 5.97 Å². The van der Waals surface area contributed by atoms with Crippen LogP contribution in [0.3, 0.4) is 0 Å². The lowest BCUT2D eigenvalue weighted by atomic mass is 9.93. The molecule has 3 aromatic rings. The van der Waals surface area contributed by atoms with Gasteiger partial charge in [-0.25, -0.2) is 4.79 Å². The first-order valence-corrected chi connectivity index (χ1v) is 10.2. The van der Waals surface area contributed by atoms with Gasteiger partial charge >= 0.3 is 5.97 Å². The molecule has 0 saturated carbocycles. The summed E-state index contributed by atoms with van der Waals surface area (Å²) in [6.45, 7) is 3.02. The van der Waals surface area contributed by atoms with Crippen molar-refractivity contribution >= 4 is 11.9 Å². The standard InChI is InChI=1S/C26H22N2O3/c1-17-13-20(19-6-4-5-18(14-19)15-27)9-10-22(17)25(29)28-12-11-21(16-28)23-7-2-3-8-24(23)26(30)31/h2-10,13-14,21H,11-12,16H2,1H3,(H,30,31). The van der Waals surface area contributed by atoms with Crippen LogP contribution in [0, 0.1) is 18.3 Å². The highest BCUT2D eigenvalue weighted by atomic mass is 16.4. The van der Waals surface area contributed by atoms with Gasteiger partial charge in [0.15, 0.2) is 0 Å². The molecule has 1 unspecified atom stereocenters. The lowest BCUT2D eigenvalue weighted by Crippen LogP contribution is -2.29. The van der Waals surface area contributed by atoms with Crippen molar-refractivity contribution in [3.05, 3.63) is 94.5 Å². The maximum atomic E-state index is 13.2. The molecule has 0 bridgehead atoms. The van der Waals surface area contributed by atoms with Crippen molar-refractivity contribution in [2.75, 3.05) is 13.1 Å². The third-order valence-electron chi connectivity index (χ3n) is 5.89. The van der Waals surface area contributed by atoms with Crippen molar-refractivity contribution in [3.63, 3.8) is 0 Å². The summed E-state index contributed by atoms with van der Waals surface area (Å²) in [5.74, 6) is -0.957. The number of carbonyl (C=O) groups is 2. The van der Waals surface area contributed by atoms with E-state index in [0.717, 1.165) is 28.7 Å². The van der Waals surface area contributed by atoms with E-state index in [2.05, 4.69) is 6.07 Å². The fraction of sp³-hybridized carbons (Fsp3) is 0.192. The summed E-state index contributed by atoms with van der Waals surface area (Å²) >= 11 is 0. The highest BCUT2D eigenvalue weighted by Crippen LogP contribution is 2.31. The van der Waals surface area contributed by atoms with Crippen LogP contribution in [0.4, 0.5) is 0 Å². The summed E-state index contributed by atoms with van der Waals surface area (Å²) in [7, 11) is 0. The number of carbonyl (C=O) groups excluding carboxylic acids is 1. The summed E-state index contributed by atoms with van der Waals surface area (Å²) in [6, 6.07) is 22.3. The zero-order valence-electron chi connectivity index (χ0n) is 17.2. The molecule has 5 nitrogen and oxygen atoms in total. The molecule has 1 atom stereocenters. The summed E-state index contributed by atoms with van der Waals surface area (Å²) in [4.78, 5) is 26.5. The molecule has 31 heavy (non-hydrogen) atoms. The van der Waals surface area contributed by atoms with E-state index in [1.165, 1.54) is 0 Å². The first kappa shape index (κ1) is 20.4. The zero-order valence-corrected chi connectivity index (χ0v) is 17.2. The second-order valence-corrected chi connectivity index (χ2v) is 7.85. The summed E-state index contributed by atoms with van der Waals surface area (Å²) in [5, 5.41) is 18.6. The van der Waals surface area contributed by atoms with Gasteiger partial charge in [-0.3, -0.25) is 4.79 Å². The van der Waals surface area contributed by atoms with Crippen molar-refractivity contribution in [1.82, 2.24) is 4.90 Å². The Bertz CT molecular complexity index is 1210. The minimum atomic E-state index is -0.938. The third kappa shape index (κ3) is 4.06. The Morgan fingerprint density at radius 2 is 1.77 bits per heavy atom. The predicted molar refractivity (Wildman–Crippen MR) is 118 cm³/mol. The molecule has 3 aromatic carbocycles. The minimum absolute atomic E-state index is 0.0181. The number of likely N-dealkylation sites (tertiary alicyclic amines) is 1. The Kier molecular flexibility index (Phi) is 5.55. The number of carboxylic acid groups (broad SMARTS) is 1. The van der Waals surface area contributed by atoms with Gasteiger partial charge in [0.05, 0.1) is 17.2 Å². The third-order valence-corrected chi connectivity index (χ3v) is 5.89. The van der Waals surface area contributed by atoms with Crippen LogP contribution in [-0.4, -0.2) is 35.0 Å². The van der Waals surface area contributed by atoms with Gasteiger partial charge in [0.1, 0.15) is 0 Å². The van der Waals surface area contributed by atoms with Crippen LogP contribution in [0.2, 0.25) is 0 Å². The molecule has 1 fully saturated rings. The molecule has 1 saturated heterocycles. The van der Waals surface area contributed by atoms with E-state index in [4.69, 9.17) is 5.26 Å². The van der Waals surface area contributed by atoms with E-state index in [-0.39, 0.29) is 11.8 Å². The molecule has 0 aliphatic carbocycles. The largest absolute Gasteiger partial charge is 0.478 e. The molecule has 1 N–H and O–H groups in total. The number of aryl methyl sites for hydroxylation is 1. The lowest BCUT2D eigenvalue weighted by molar-refractivity contribution is 0.0695. The first-order valence-electron chi connectivity index (χ1n) is 10.2. The van der Waals surface area contributed by atoms with Crippen LogP contribution >= 0.6 is 0 Å². The number of amides is 1. The molecule has 0 spiro atoms. The van der Waals surface area contributed by atoms with Gasteiger partial charge in [-0.1, -0.05) is 42.5 Å². The van der Waals surface area contributed by atoms with Crippen LogP contribution in [0.5, 0.6) is 0 Å². The van der Waals surface area contributed by atoms with Gasteiger partial charge in [-0.05, 0) is 59.9 Å². The fourth-order valence-electron chi connectivity index (χ4n) is 4.27. The van der Waals surface area contributed by atoms with Crippen molar-refractivity contribution < 1.29 is 14.7 Å². The maximum absolute atomic E-state index is 13.2. The van der Waals surface area contributed by atoms with Crippen molar-refractivity contribution in [2.24, 2.45) is 0 Å². The van der Waals surface area contributed by atoms with E-state index in [9.17, 15) is 14.7 Å². The average molecular weight is 410 g/mol. The van der Waals surface area contributed by atoms with Crippen LogP contribution in [0.1, 0.15) is 49.7 Å². The number of nitriles is 1. The van der Waals surface area contributed by atoms with Gasteiger partial charge in [0, 0.05) is 24.6 Å².